The number of hydrogen-bond donors (Lipinski definition) is 2. The van der Waals surface area contributed by atoms with Crippen molar-refractivity contribution in [1.29, 1.82) is 0 Å². The number of likely N-dealkylation sites (N-methyl/N-ethyl adjacent to an activating group) is 1. The van der Waals surface area contributed by atoms with Gasteiger partial charge in [-0.05, 0) is 13.3 Å². The van der Waals surface area contributed by atoms with Gasteiger partial charge in [-0.3, -0.25) is 10.1 Å². The quantitative estimate of drug-likeness (QED) is 0.373. The molecule has 2 rings (SSSR count). The van der Waals surface area contributed by atoms with Crippen LogP contribution in [-0.4, -0.2) is 55.8 Å². The third kappa shape index (κ3) is 4.38. The lowest BCUT2D eigenvalue weighted by Gasteiger charge is -2.20. The summed E-state index contributed by atoms with van der Waals surface area (Å²) < 4.78 is 1.93. The number of aliphatic hydroxyl groups is 1. The Morgan fingerprint density at radius 2 is 2.29 bits per heavy atom. The van der Waals surface area contributed by atoms with Crippen LogP contribution in [-0.2, 0) is 6.54 Å². The largest absolute Gasteiger partial charge is 0.395 e. The molecule has 0 fully saturated rings. The molecule has 0 atom stereocenters. The Bertz CT molecular complexity index is 648. The van der Waals surface area contributed by atoms with Crippen molar-refractivity contribution in [3.8, 4) is 0 Å². The zero-order valence-electron chi connectivity index (χ0n) is 13.5. The Balaban J connectivity index is 2.09. The zero-order chi connectivity index (χ0) is 17.4. The van der Waals surface area contributed by atoms with Crippen molar-refractivity contribution in [3.05, 3.63) is 35.2 Å². The molecule has 10 heteroatoms. The smallest absolute Gasteiger partial charge is 0.353 e. The topological polar surface area (TPSA) is 122 Å². The summed E-state index contributed by atoms with van der Waals surface area (Å²) in [4.78, 5) is 24.6. The third-order valence-electron chi connectivity index (χ3n) is 3.48. The molecule has 24 heavy (non-hydrogen) atoms. The second kappa shape index (κ2) is 8.77. The van der Waals surface area contributed by atoms with Crippen LogP contribution in [0.1, 0.15) is 13.3 Å². The lowest BCUT2D eigenvalue weighted by atomic mass is 10.3. The summed E-state index contributed by atoms with van der Waals surface area (Å²) in [6.45, 7) is 3.79. The highest BCUT2D eigenvalue weighted by Crippen LogP contribution is 2.31. The summed E-state index contributed by atoms with van der Waals surface area (Å²) >= 11 is 0. The van der Waals surface area contributed by atoms with E-state index in [2.05, 4.69) is 20.3 Å². The lowest BCUT2D eigenvalue weighted by Crippen LogP contribution is -2.28. The molecule has 0 radical (unpaired) electrons. The Kier molecular flexibility index (Phi) is 6.43. The van der Waals surface area contributed by atoms with Gasteiger partial charge in [-0.15, -0.1) is 0 Å². The number of aromatic nitrogens is 4. The molecule has 0 aliphatic heterocycles. The van der Waals surface area contributed by atoms with Gasteiger partial charge in [0.15, 0.2) is 0 Å². The molecule has 0 amide bonds. The highest BCUT2D eigenvalue weighted by Gasteiger charge is 2.26. The van der Waals surface area contributed by atoms with Gasteiger partial charge in [-0.2, -0.15) is 0 Å². The van der Waals surface area contributed by atoms with E-state index in [1.807, 2.05) is 17.7 Å². The van der Waals surface area contributed by atoms with Crippen LogP contribution in [0.3, 0.4) is 0 Å². The Morgan fingerprint density at radius 3 is 2.92 bits per heavy atom. The van der Waals surface area contributed by atoms with Crippen molar-refractivity contribution in [3.63, 3.8) is 0 Å². The SMILES string of the molecule is CCN(CCO)c1ncnc(NCCCn2ccnc2)c1[N+](=O)[O-]. The van der Waals surface area contributed by atoms with E-state index in [9.17, 15) is 10.1 Å². The maximum Gasteiger partial charge on any atom is 0.353 e. The van der Waals surface area contributed by atoms with Gasteiger partial charge < -0.3 is 19.9 Å². The number of nitrogens with zero attached hydrogens (tertiary/aromatic N) is 6. The molecule has 0 aliphatic rings. The highest BCUT2D eigenvalue weighted by molar-refractivity contribution is 5.70. The number of hydrogen-bond acceptors (Lipinski definition) is 8. The fraction of sp³-hybridized carbons (Fsp3) is 0.500. The van der Waals surface area contributed by atoms with E-state index in [-0.39, 0.29) is 30.5 Å². The number of rotatable bonds is 10. The molecule has 0 saturated heterocycles. The standard InChI is InChI=1S/C14H21N7O3/c1-2-20(8-9-22)14-12(21(23)24)13(17-10-18-14)16-4-3-6-19-7-5-15-11-19/h5,7,10-11,22H,2-4,6,8-9H2,1H3,(H,16,17,18). The molecule has 0 saturated carbocycles. The van der Waals surface area contributed by atoms with Crippen LogP contribution in [0.2, 0.25) is 0 Å². The molecule has 10 nitrogen and oxygen atoms in total. The van der Waals surface area contributed by atoms with Gasteiger partial charge in [-0.1, -0.05) is 0 Å². The Labute approximate surface area is 139 Å². The first kappa shape index (κ1) is 17.6. The van der Waals surface area contributed by atoms with E-state index in [4.69, 9.17) is 5.11 Å². The second-order valence-corrected chi connectivity index (χ2v) is 5.04. The Hall–Kier alpha value is -2.75. The van der Waals surface area contributed by atoms with E-state index in [0.29, 0.717) is 13.1 Å². The summed E-state index contributed by atoms with van der Waals surface area (Å²) in [7, 11) is 0. The normalized spacial score (nSPS) is 10.6. The summed E-state index contributed by atoms with van der Waals surface area (Å²) in [5, 5.41) is 23.6. The van der Waals surface area contributed by atoms with Crippen molar-refractivity contribution in [2.45, 2.75) is 19.9 Å². The molecule has 130 valence electrons. The predicted octanol–water partition coefficient (Wildman–Crippen LogP) is 0.902. The predicted molar refractivity (Wildman–Crippen MR) is 89.0 cm³/mol. The van der Waals surface area contributed by atoms with Crippen molar-refractivity contribution in [2.75, 3.05) is 36.5 Å². The zero-order valence-corrected chi connectivity index (χ0v) is 13.5. The average molecular weight is 335 g/mol. The fourth-order valence-corrected chi connectivity index (χ4v) is 2.32. The van der Waals surface area contributed by atoms with Crippen molar-refractivity contribution in [1.82, 2.24) is 19.5 Å². The van der Waals surface area contributed by atoms with Crippen LogP contribution in [0, 0.1) is 10.1 Å². The van der Waals surface area contributed by atoms with Gasteiger partial charge in [0.25, 0.3) is 0 Å². The number of nitrogens with one attached hydrogen (secondary N) is 1. The molecule has 0 bridgehead atoms. The van der Waals surface area contributed by atoms with Crippen LogP contribution in [0.4, 0.5) is 17.3 Å². The summed E-state index contributed by atoms with van der Waals surface area (Å²) in [5.41, 5.74) is -0.171. The number of anilines is 2. The van der Waals surface area contributed by atoms with E-state index in [1.165, 1.54) is 6.33 Å². The Morgan fingerprint density at radius 1 is 1.46 bits per heavy atom. The molecular formula is C14H21N7O3. The maximum absolute atomic E-state index is 11.5. The van der Waals surface area contributed by atoms with Gasteiger partial charge in [0.1, 0.15) is 6.33 Å². The number of aryl methyl sites for hydroxylation is 1. The molecular weight excluding hydrogens is 314 g/mol. The number of imidazole rings is 1. The molecule has 2 aromatic heterocycles. The van der Waals surface area contributed by atoms with Gasteiger partial charge in [-0.25, -0.2) is 15.0 Å². The minimum absolute atomic E-state index is 0.108. The first-order chi connectivity index (χ1) is 11.7. The molecule has 0 spiro atoms. The lowest BCUT2D eigenvalue weighted by molar-refractivity contribution is -0.383. The molecule has 0 aliphatic carbocycles. The molecule has 0 aromatic carbocycles. The van der Waals surface area contributed by atoms with Crippen molar-refractivity contribution in [2.24, 2.45) is 0 Å². The first-order valence-corrected chi connectivity index (χ1v) is 7.72. The summed E-state index contributed by atoms with van der Waals surface area (Å²) in [6.07, 6.45) is 7.34. The summed E-state index contributed by atoms with van der Waals surface area (Å²) in [6, 6.07) is 0. The molecule has 2 N–H and O–H groups in total. The highest BCUT2D eigenvalue weighted by atomic mass is 16.6. The van der Waals surface area contributed by atoms with Crippen molar-refractivity contribution < 1.29 is 10.0 Å². The van der Waals surface area contributed by atoms with E-state index in [0.717, 1.165) is 13.0 Å². The second-order valence-electron chi connectivity index (χ2n) is 5.04. The van der Waals surface area contributed by atoms with Crippen LogP contribution >= 0.6 is 0 Å². The van der Waals surface area contributed by atoms with Crippen molar-refractivity contribution >= 4 is 17.3 Å². The van der Waals surface area contributed by atoms with Crippen LogP contribution < -0.4 is 10.2 Å². The minimum Gasteiger partial charge on any atom is -0.395 e. The minimum atomic E-state index is -0.492. The number of aliphatic hydroxyl groups excluding tert-OH is 1. The van der Waals surface area contributed by atoms with E-state index >= 15 is 0 Å². The number of nitro groups is 1. The summed E-state index contributed by atoms with van der Waals surface area (Å²) in [5.74, 6) is 0.399. The third-order valence-corrected chi connectivity index (χ3v) is 3.48. The molecule has 0 unspecified atom stereocenters. The fourth-order valence-electron chi connectivity index (χ4n) is 2.32. The van der Waals surface area contributed by atoms with Gasteiger partial charge >= 0.3 is 5.69 Å². The van der Waals surface area contributed by atoms with Gasteiger partial charge in [0, 0.05) is 38.6 Å². The van der Waals surface area contributed by atoms with Gasteiger partial charge in [0.2, 0.25) is 11.6 Å². The molecule has 2 heterocycles. The van der Waals surface area contributed by atoms with Gasteiger partial charge in [0.05, 0.1) is 17.9 Å². The first-order valence-electron chi connectivity index (χ1n) is 7.72. The van der Waals surface area contributed by atoms with Crippen LogP contribution in [0.25, 0.3) is 0 Å². The maximum atomic E-state index is 11.5. The van der Waals surface area contributed by atoms with E-state index in [1.54, 1.807) is 17.4 Å². The average Bonchev–Trinajstić information content (AvgIpc) is 3.09. The molecule has 2 aromatic rings. The van der Waals surface area contributed by atoms with Crippen LogP contribution in [0.5, 0.6) is 0 Å². The van der Waals surface area contributed by atoms with Crippen LogP contribution in [0.15, 0.2) is 25.0 Å². The van der Waals surface area contributed by atoms with E-state index < -0.39 is 4.92 Å². The monoisotopic (exact) mass is 335 g/mol.